The fraction of sp³-hybridized carbons (Fsp3) is 0.321. The van der Waals surface area contributed by atoms with Crippen LogP contribution in [0.1, 0.15) is 33.5 Å². The summed E-state index contributed by atoms with van der Waals surface area (Å²) in [6.45, 7) is 7.80. The fourth-order valence-electron chi connectivity index (χ4n) is 5.37. The second kappa shape index (κ2) is 10.0. The number of aromatic nitrogens is 1. The number of aryl methyl sites for hydroxylation is 1. The van der Waals surface area contributed by atoms with Crippen molar-refractivity contribution in [1.82, 2.24) is 14.4 Å². The third kappa shape index (κ3) is 4.87. The maximum Gasteiger partial charge on any atom is 0.256 e. The van der Waals surface area contributed by atoms with Crippen LogP contribution < -0.4 is 0 Å². The van der Waals surface area contributed by atoms with E-state index in [1.54, 1.807) is 33.9 Å². The highest BCUT2D eigenvalue weighted by atomic mass is 79.9. The van der Waals surface area contributed by atoms with Gasteiger partial charge in [0.15, 0.2) is 5.78 Å². The molecule has 2 aliphatic rings. The van der Waals surface area contributed by atoms with Gasteiger partial charge in [-0.15, -0.1) is 4.91 Å². The molecule has 190 valence electrons. The number of halogens is 1. The van der Waals surface area contributed by atoms with E-state index in [1.165, 1.54) is 11.6 Å². The number of nitroso groups, excluding NO2 is 1. The molecular weight excluding hydrogens is 536 g/mol. The highest BCUT2D eigenvalue weighted by molar-refractivity contribution is 9.10. The summed E-state index contributed by atoms with van der Waals surface area (Å²) in [4.78, 5) is 53.0. The van der Waals surface area contributed by atoms with Crippen LogP contribution in [0.2, 0.25) is 0 Å². The maximum absolute atomic E-state index is 13.7. The van der Waals surface area contributed by atoms with Crippen molar-refractivity contribution in [2.45, 2.75) is 32.9 Å². The molecular formula is C28H27BrN4O4. The zero-order valence-corrected chi connectivity index (χ0v) is 22.2. The molecule has 3 heterocycles. The van der Waals surface area contributed by atoms with Crippen LogP contribution in [0.15, 0.2) is 58.8 Å². The number of amides is 2. The minimum absolute atomic E-state index is 0.0245. The number of likely N-dealkylation sites (tertiary alicyclic amines) is 1. The monoisotopic (exact) mass is 562 g/mol. The molecule has 5 rings (SSSR count). The molecule has 0 radical (unpaired) electrons. The van der Waals surface area contributed by atoms with Crippen molar-refractivity contribution in [3.63, 3.8) is 0 Å². The number of rotatable bonds is 7. The average Bonchev–Trinajstić information content (AvgIpc) is 3.21. The van der Waals surface area contributed by atoms with Crippen LogP contribution in [0.4, 0.5) is 5.69 Å². The van der Waals surface area contributed by atoms with Crippen molar-refractivity contribution in [3.8, 4) is 0 Å². The van der Waals surface area contributed by atoms with Gasteiger partial charge >= 0.3 is 0 Å². The molecule has 1 aromatic heterocycles. The maximum atomic E-state index is 13.7. The van der Waals surface area contributed by atoms with Gasteiger partial charge in [0.25, 0.3) is 5.91 Å². The van der Waals surface area contributed by atoms with Crippen LogP contribution in [0, 0.1) is 17.7 Å². The second-order valence-corrected chi connectivity index (χ2v) is 10.7. The topological polar surface area (TPSA) is 92.1 Å². The molecule has 0 unspecified atom stereocenters. The van der Waals surface area contributed by atoms with Gasteiger partial charge in [0.1, 0.15) is 5.69 Å². The van der Waals surface area contributed by atoms with Gasteiger partial charge in [0.05, 0.1) is 12.1 Å². The van der Waals surface area contributed by atoms with Crippen LogP contribution in [-0.2, 0) is 29.1 Å². The molecule has 8 nitrogen and oxygen atoms in total. The number of nitrogens with zero attached hydrogens (tertiary/aromatic N) is 4. The Bertz CT molecular complexity index is 1450. The van der Waals surface area contributed by atoms with E-state index < -0.39 is 0 Å². The van der Waals surface area contributed by atoms with Gasteiger partial charge in [0.2, 0.25) is 5.91 Å². The van der Waals surface area contributed by atoms with E-state index in [4.69, 9.17) is 0 Å². The van der Waals surface area contributed by atoms with Crippen LogP contribution in [0.3, 0.4) is 0 Å². The fourth-order valence-corrected chi connectivity index (χ4v) is 6.18. The lowest BCUT2D eigenvalue weighted by Crippen LogP contribution is -2.50. The summed E-state index contributed by atoms with van der Waals surface area (Å²) >= 11 is 3.65. The Morgan fingerprint density at radius 3 is 2.68 bits per heavy atom. The van der Waals surface area contributed by atoms with Crippen molar-refractivity contribution in [2.75, 3.05) is 19.6 Å². The third-order valence-corrected chi connectivity index (χ3v) is 7.93. The van der Waals surface area contributed by atoms with E-state index in [-0.39, 0.29) is 35.7 Å². The van der Waals surface area contributed by atoms with Gasteiger partial charge in [-0.25, -0.2) is 0 Å². The Hall–Kier alpha value is -3.59. The molecule has 0 spiro atoms. The number of carbonyl (C=O) groups excluding carboxylic acids is 3. The predicted octanol–water partition coefficient (Wildman–Crippen LogP) is 4.91. The summed E-state index contributed by atoms with van der Waals surface area (Å²) in [6, 6.07) is 9.13. The molecule has 3 aromatic rings. The first-order valence-electron chi connectivity index (χ1n) is 12.2. The molecule has 0 aliphatic carbocycles. The lowest BCUT2D eigenvalue weighted by molar-refractivity contribution is -0.134. The zero-order chi connectivity index (χ0) is 26.3. The standard InChI is InChI=1S/C28H27BrN4O4/c1-3-27(35)33-12-18(13-33)10-21(34)15-32-16-24(23-11-20(30-37)4-5-26(23)32)28(36)31-7-6-22-19(14-31)8-17(2)9-25(22)29/h3-5,8-9,11,16,18H,1,6-7,10,12-15H2,2H3. The molecule has 37 heavy (non-hydrogen) atoms. The quantitative estimate of drug-likeness (QED) is 0.302. The van der Waals surface area contributed by atoms with E-state index in [1.807, 2.05) is 11.8 Å². The Balaban J connectivity index is 1.38. The lowest BCUT2D eigenvalue weighted by atomic mass is 9.94. The number of benzene rings is 2. The van der Waals surface area contributed by atoms with Crippen LogP contribution in [0.5, 0.6) is 0 Å². The Kier molecular flexibility index (Phi) is 6.81. The van der Waals surface area contributed by atoms with Crippen molar-refractivity contribution < 1.29 is 14.4 Å². The molecule has 1 fully saturated rings. The van der Waals surface area contributed by atoms with E-state index in [0.717, 1.165) is 22.0 Å². The van der Waals surface area contributed by atoms with Crippen LogP contribution >= 0.6 is 15.9 Å². The molecule has 9 heteroatoms. The summed E-state index contributed by atoms with van der Waals surface area (Å²) in [7, 11) is 0. The first-order chi connectivity index (χ1) is 17.8. The smallest absolute Gasteiger partial charge is 0.256 e. The molecule has 0 saturated carbocycles. The predicted molar refractivity (Wildman–Crippen MR) is 145 cm³/mol. The molecule has 0 bridgehead atoms. The van der Waals surface area contributed by atoms with Gasteiger partial charge in [0, 0.05) is 60.1 Å². The number of hydrogen-bond donors (Lipinski definition) is 0. The lowest BCUT2D eigenvalue weighted by Gasteiger charge is -2.38. The van der Waals surface area contributed by atoms with Crippen molar-refractivity contribution in [2.24, 2.45) is 11.1 Å². The van der Waals surface area contributed by atoms with Crippen LogP contribution in [-0.4, -0.2) is 51.6 Å². The minimum atomic E-state index is -0.139. The molecule has 1 saturated heterocycles. The summed E-state index contributed by atoms with van der Waals surface area (Å²) in [6.07, 6.45) is 4.10. The number of fused-ring (bicyclic) bond motifs is 2. The molecule has 0 N–H and O–H groups in total. The number of carbonyl (C=O) groups is 3. The third-order valence-electron chi connectivity index (χ3n) is 7.22. The largest absolute Gasteiger partial charge is 0.339 e. The summed E-state index contributed by atoms with van der Waals surface area (Å²) in [5, 5.41) is 3.65. The van der Waals surface area contributed by atoms with E-state index in [0.29, 0.717) is 49.1 Å². The Labute approximate surface area is 223 Å². The number of ketones is 1. The molecule has 2 amide bonds. The summed E-state index contributed by atoms with van der Waals surface area (Å²) < 4.78 is 2.85. The van der Waals surface area contributed by atoms with E-state index in [9.17, 15) is 19.3 Å². The summed E-state index contributed by atoms with van der Waals surface area (Å²) in [5.74, 6) is -0.108. The van der Waals surface area contributed by atoms with Gasteiger partial charge in [-0.3, -0.25) is 14.4 Å². The second-order valence-electron chi connectivity index (χ2n) is 9.88. The average molecular weight is 563 g/mol. The Morgan fingerprint density at radius 1 is 1.16 bits per heavy atom. The molecule has 0 atom stereocenters. The zero-order valence-electron chi connectivity index (χ0n) is 20.6. The first kappa shape index (κ1) is 25.1. The summed E-state index contributed by atoms with van der Waals surface area (Å²) in [5.41, 5.74) is 4.85. The van der Waals surface area contributed by atoms with Crippen LogP contribution in [0.25, 0.3) is 10.9 Å². The minimum Gasteiger partial charge on any atom is -0.339 e. The van der Waals surface area contributed by atoms with Crippen molar-refractivity contribution in [3.05, 3.63) is 80.8 Å². The highest BCUT2D eigenvalue weighted by Gasteiger charge is 2.31. The van der Waals surface area contributed by atoms with E-state index >= 15 is 0 Å². The molecule has 2 aliphatic heterocycles. The molecule has 2 aromatic carbocycles. The van der Waals surface area contributed by atoms with Gasteiger partial charge in [-0.05, 0) is 65.6 Å². The van der Waals surface area contributed by atoms with Crippen molar-refractivity contribution in [1.29, 1.82) is 0 Å². The number of Topliss-reactive ketones (excluding diaryl/α,β-unsaturated/α-hetero) is 1. The SMILES string of the molecule is C=CC(=O)N1CC(CC(=O)Cn2cc(C(=O)N3CCc4c(Br)cc(C)cc4C3)c3cc(N=O)ccc32)C1. The van der Waals surface area contributed by atoms with E-state index in [2.05, 4.69) is 39.8 Å². The normalized spacial score (nSPS) is 15.3. The Morgan fingerprint density at radius 2 is 1.95 bits per heavy atom. The first-order valence-corrected chi connectivity index (χ1v) is 13.0. The highest BCUT2D eigenvalue weighted by Crippen LogP contribution is 2.32. The number of hydrogen-bond acceptors (Lipinski definition) is 5. The van der Waals surface area contributed by atoms with Crippen molar-refractivity contribution >= 4 is 50.1 Å². The van der Waals surface area contributed by atoms with Gasteiger partial charge in [-0.2, -0.15) is 0 Å². The van der Waals surface area contributed by atoms with Gasteiger partial charge < -0.3 is 14.4 Å². The van der Waals surface area contributed by atoms with Gasteiger partial charge in [-0.1, -0.05) is 28.6 Å².